The van der Waals surface area contributed by atoms with Crippen molar-refractivity contribution in [1.82, 2.24) is 25.2 Å². The maximum atomic E-state index is 14.6. The smallest absolute Gasteiger partial charge is 0.408 e. The first-order chi connectivity index (χ1) is 25.4. The number of alkyl carbamates (subject to hydrolysis) is 1. The first-order valence-corrected chi connectivity index (χ1v) is 20.3. The molecule has 0 spiro atoms. The van der Waals surface area contributed by atoms with Crippen LogP contribution >= 0.6 is 11.6 Å². The number of carbonyl (C=O) groups excluding carboxylic acids is 4. The molecule has 3 aliphatic carbocycles. The van der Waals surface area contributed by atoms with Crippen LogP contribution in [0.3, 0.4) is 0 Å². The molecule has 3 saturated carbocycles. The van der Waals surface area contributed by atoms with Crippen molar-refractivity contribution < 1.29 is 46.0 Å². The fourth-order valence-corrected chi connectivity index (χ4v) is 8.77. The van der Waals surface area contributed by atoms with E-state index in [0.717, 1.165) is 25.7 Å². The van der Waals surface area contributed by atoms with Crippen LogP contribution < -0.4 is 24.8 Å². The Balaban J connectivity index is 1.28. The minimum Gasteiger partial charge on any atom is -0.488 e. The van der Waals surface area contributed by atoms with Crippen molar-refractivity contribution in [2.45, 2.75) is 128 Å². The Kier molecular flexibility index (Phi) is 11.0. The maximum Gasteiger partial charge on any atom is 0.408 e. The van der Waals surface area contributed by atoms with Gasteiger partial charge in [0.05, 0.1) is 29.8 Å². The molecule has 4 fully saturated rings. The summed E-state index contributed by atoms with van der Waals surface area (Å²) in [5, 5.41) is 6.54. The van der Waals surface area contributed by atoms with Gasteiger partial charge in [0.1, 0.15) is 35.6 Å². The van der Waals surface area contributed by atoms with Crippen molar-refractivity contribution in [3.63, 3.8) is 0 Å². The lowest BCUT2D eigenvalue weighted by Gasteiger charge is -2.35. The summed E-state index contributed by atoms with van der Waals surface area (Å²) in [5.41, 5.74) is -2.78. The number of nitrogens with zero attached hydrogens (tertiary/aromatic N) is 2. The van der Waals surface area contributed by atoms with Crippen LogP contribution in [-0.2, 0) is 33.6 Å². The third-order valence-electron chi connectivity index (χ3n) is 10.9. The average Bonchev–Trinajstić information content (AvgIpc) is 3.83. The fraction of sp³-hybridized carbons (Fsp3) is 0.649. The monoisotopic (exact) mass is 791 g/mol. The van der Waals surface area contributed by atoms with Crippen molar-refractivity contribution in [3.05, 3.63) is 29.3 Å². The highest BCUT2D eigenvalue weighted by molar-refractivity contribution is 7.85. The summed E-state index contributed by atoms with van der Waals surface area (Å²) in [6.07, 6.45) is 3.43. The summed E-state index contributed by atoms with van der Waals surface area (Å²) in [6, 6.07) is 4.54. The summed E-state index contributed by atoms with van der Waals surface area (Å²) >= 11 is 6.47. The van der Waals surface area contributed by atoms with Crippen LogP contribution in [0, 0.1) is 11.3 Å². The second-order valence-corrected chi connectivity index (χ2v) is 17.9. The van der Waals surface area contributed by atoms with E-state index in [9.17, 15) is 27.6 Å². The molecule has 0 radical (unpaired) electrons. The molecule has 54 heavy (non-hydrogen) atoms. The lowest BCUT2D eigenvalue weighted by atomic mass is 9.85. The Morgan fingerprint density at radius 1 is 1.11 bits per heavy atom. The van der Waals surface area contributed by atoms with Crippen LogP contribution in [0.5, 0.6) is 11.6 Å². The van der Waals surface area contributed by atoms with E-state index in [1.807, 2.05) is 11.6 Å². The standard InChI is InChI=1S/C37H50ClN5O10S/c1-7-21-19-37(21,33(46)42-54(48,49)53-36(5)15-16-36)41-31(44)26-17-23(51-27-18-28(50-6)39-29-24(27)13-10-14-25(29)38)20-43(26)32(45)30(35(2,3)4)40-34(47)52-22-11-8-9-12-22/h10,13-14,18,21-23,26,30H,7-9,11-12,15-17,19-20H2,1-6H3,(H,40,47)(H,41,44)(H,42,46)/t21-,23-,26+,30-,37-/m1/s1. The van der Waals surface area contributed by atoms with Crippen LogP contribution in [0.4, 0.5) is 4.79 Å². The topological polar surface area (TPSA) is 192 Å². The molecule has 1 saturated heterocycles. The first kappa shape index (κ1) is 39.8. The SMILES string of the molecule is CC[C@@H]1C[C@]1(NC(=O)[C@@H]1C[C@@H](Oc2cc(OC)nc3c(Cl)cccc23)CN1C(=O)[C@@H](NC(=O)OC1CCCC1)C(C)(C)C)C(=O)NS(=O)(=O)OC1(C)CC1. The molecule has 17 heteroatoms. The number of benzene rings is 1. The van der Waals surface area contributed by atoms with Gasteiger partial charge < -0.3 is 29.7 Å². The molecule has 5 atom stereocenters. The first-order valence-electron chi connectivity index (χ1n) is 18.5. The van der Waals surface area contributed by atoms with Gasteiger partial charge in [-0.25, -0.2) is 18.7 Å². The normalized spacial score (nSPS) is 25.5. The Bertz CT molecular complexity index is 1910. The van der Waals surface area contributed by atoms with E-state index in [2.05, 4.69) is 15.6 Å². The number of methoxy groups -OCH3 is 1. The van der Waals surface area contributed by atoms with Gasteiger partial charge in [-0.1, -0.05) is 51.8 Å². The molecule has 0 bridgehead atoms. The number of ether oxygens (including phenoxy) is 3. The minimum absolute atomic E-state index is 0.00189. The highest BCUT2D eigenvalue weighted by Crippen LogP contribution is 2.47. The molecule has 1 aliphatic heterocycles. The number of hydrogen-bond donors (Lipinski definition) is 3. The number of nitrogens with one attached hydrogen (secondary N) is 3. The Hall–Kier alpha value is -3.89. The highest BCUT2D eigenvalue weighted by Gasteiger charge is 2.62. The number of fused-ring (bicyclic) bond motifs is 1. The zero-order valence-electron chi connectivity index (χ0n) is 31.5. The lowest BCUT2D eigenvalue weighted by molar-refractivity contribution is -0.143. The van der Waals surface area contributed by atoms with Crippen LogP contribution in [0.25, 0.3) is 10.9 Å². The fourth-order valence-electron chi connectivity index (χ4n) is 7.40. The number of hydrogen-bond acceptors (Lipinski definition) is 11. The molecule has 2 aromatic rings. The molecule has 296 valence electrons. The van der Waals surface area contributed by atoms with Crippen molar-refractivity contribution in [1.29, 1.82) is 0 Å². The van der Waals surface area contributed by atoms with Gasteiger partial charge in [-0.15, -0.1) is 0 Å². The average molecular weight is 792 g/mol. The third kappa shape index (κ3) is 8.65. The molecule has 6 rings (SSSR count). The molecule has 0 unspecified atom stereocenters. The van der Waals surface area contributed by atoms with Crippen LogP contribution in [-0.4, -0.2) is 91.2 Å². The number of rotatable bonds is 13. The predicted octanol–water partition coefficient (Wildman–Crippen LogP) is 4.54. The summed E-state index contributed by atoms with van der Waals surface area (Å²) in [7, 11) is -3.00. The molecule has 4 aliphatic rings. The van der Waals surface area contributed by atoms with E-state index in [0.29, 0.717) is 40.9 Å². The second kappa shape index (κ2) is 15.0. The van der Waals surface area contributed by atoms with Crippen molar-refractivity contribution in [2.24, 2.45) is 11.3 Å². The summed E-state index contributed by atoms with van der Waals surface area (Å²) in [4.78, 5) is 61.5. The quantitative estimate of drug-likeness (QED) is 0.258. The summed E-state index contributed by atoms with van der Waals surface area (Å²) in [6.45, 7) is 8.79. The lowest BCUT2D eigenvalue weighted by Crippen LogP contribution is -2.60. The van der Waals surface area contributed by atoms with Gasteiger partial charge in [0, 0.05) is 17.9 Å². The molecule has 1 aromatic carbocycles. The van der Waals surface area contributed by atoms with Gasteiger partial charge in [0.15, 0.2) is 0 Å². The second-order valence-electron chi connectivity index (χ2n) is 16.2. The van der Waals surface area contributed by atoms with Crippen LogP contribution in [0.2, 0.25) is 5.02 Å². The van der Waals surface area contributed by atoms with E-state index in [1.54, 1.807) is 52.0 Å². The number of halogens is 1. The number of likely N-dealkylation sites (tertiary alicyclic amines) is 1. The van der Waals surface area contributed by atoms with Crippen molar-refractivity contribution >= 4 is 56.6 Å². The highest BCUT2D eigenvalue weighted by atomic mass is 35.5. The number of pyridine rings is 1. The van der Waals surface area contributed by atoms with Gasteiger partial charge in [-0.2, -0.15) is 8.42 Å². The summed E-state index contributed by atoms with van der Waals surface area (Å²) < 4.78 is 50.3. The molecule has 4 amide bonds. The van der Waals surface area contributed by atoms with Gasteiger partial charge in [0.2, 0.25) is 17.7 Å². The van der Waals surface area contributed by atoms with E-state index in [-0.39, 0.29) is 37.3 Å². The Morgan fingerprint density at radius 3 is 2.43 bits per heavy atom. The third-order valence-corrected chi connectivity index (χ3v) is 12.2. The van der Waals surface area contributed by atoms with E-state index in [4.69, 9.17) is 30.0 Å². The van der Waals surface area contributed by atoms with E-state index in [1.165, 1.54) is 12.0 Å². The zero-order valence-corrected chi connectivity index (χ0v) is 33.1. The Morgan fingerprint density at radius 2 is 1.81 bits per heavy atom. The predicted molar refractivity (Wildman–Crippen MR) is 198 cm³/mol. The number of carbonyl (C=O) groups is 4. The van der Waals surface area contributed by atoms with Crippen LogP contribution in [0.1, 0.15) is 92.4 Å². The number of para-hydroxylation sites is 1. The van der Waals surface area contributed by atoms with Gasteiger partial charge in [-0.05, 0) is 75.3 Å². The minimum atomic E-state index is -4.46. The van der Waals surface area contributed by atoms with Crippen molar-refractivity contribution in [3.8, 4) is 11.6 Å². The molecule has 3 N–H and O–H groups in total. The largest absolute Gasteiger partial charge is 0.488 e. The Labute approximate surface area is 320 Å². The van der Waals surface area contributed by atoms with Gasteiger partial charge >= 0.3 is 16.4 Å². The van der Waals surface area contributed by atoms with Crippen LogP contribution in [0.15, 0.2) is 24.3 Å². The van der Waals surface area contributed by atoms with Crippen molar-refractivity contribution in [2.75, 3.05) is 13.7 Å². The molecular weight excluding hydrogens is 742 g/mol. The zero-order chi connectivity index (χ0) is 39.2. The van der Waals surface area contributed by atoms with E-state index < -0.39 is 68.9 Å². The van der Waals surface area contributed by atoms with Gasteiger partial charge in [0.25, 0.3) is 5.91 Å². The van der Waals surface area contributed by atoms with Gasteiger partial charge in [-0.3, -0.25) is 14.4 Å². The number of amides is 4. The molecule has 2 heterocycles. The summed E-state index contributed by atoms with van der Waals surface area (Å²) in [5.74, 6) is -1.89. The number of aromatic nitrogens is 1. The maximum absolute atomic E-state index is 14.6. The molecule has 15 nitrogen and oxygen atoms in total. The molecular formula is C37H50ClN5O10S. The molecule has 1 aromatic heterocycles. The van der Waals surface area contributed by atoms with E-state index >= 15 is 0 Å².